The third kappa shape index (κ3) is 5.30. The molecule has 0 atom stereocenters. The van der Waals surface area contributed by atoms with Crippen LogP contribution in [0.25, 0.3) is 0 Å². The molecular weight excluding hydrogens is 242 g/mol. The van der Waals surface area contributed by atoms with E-state index in [2.05, 4.69) is 18.3 Å². The van der Waals surface area contributed by atoms with E-state index in [9.17, 15) is 4.79 Å². The molecule has 0 saturated heterocycles. The predicted octanol–water partition coefficient (Wildman–Crippen LogP) is 2.14. The molecule has 4 heteroatoms. The maximum Gasteiger partial charge on any atom is 0.257 e. The lowest BCUT2D eigenvalue weighted by Gasteiger charge is -2.11. The van der Waals surface area contributed by atoms with Crippen LogP contribution in [0.2, 0.25) is 0 Å². The molecule has 106 valence electrons. The monoisotopic (exact) mass is 265 g/mol. The van der Waals surface area contributed by atoms with Gasteiger partial charge >= 0.3 is 0 Å². The summed E-state index contributed by atoms with van der Waals surface area (Å²) in [4.78, 5) is 11.6. The van der Waals surface area contributed by atoms with Crippen LogP contribution in [0.4, 0.5) is 0 Å². The Balaban J connectivity index is 2.40. The van der Waals surface area contributed by atoms with Gasteiger partial charge in [0.25, 0.3) is 5.91 Å². The van der Waals surface area contributed by atoms with Gasteiger partial charge in [0.1, 0.15) is 5.75 Å². The number of hydrogen-bond acceptors (Lipinski definition) is 3. The molecule has 0 saturated carbocycles. The number of carbonyl (C=O) groups excluding carboxylic acids is 1. The van der Waals surface area contributed by atoms with Crippen molar-refractivity contribution in [2.45, 2.75) is 27.2 Å². The van der Waals surface area contributed by atoms with Crippen LogP contribution < -0.4 is 10.1 Å². The average Bonchev–Trinajstić information content (AvgIpc) is 2.37. The highest BCUT2D eigenvalue weighted by Crippen LogP contribution is 2.22. The van der Waals surface area contributed by atoms with Crippen molar-refractivity contribution in [3.8, 4) is 5.75 Å². The second-order valence-electron chi connectivity index (χ2n) is 4.69. The highest BCUT2D eigenvalue weighted by Gasteiger charge is 2.06. The van der Waals surface area contributed by atoms with Crippen LogP contribution >= 0.6 is 0 Å². The number of amides is 1. The van der Waals surface area contributed by atoms with Gasteiger partial charge in [-0.2, -0.15) is 0 Å². The fraction of sp³-hybridized carbons (Fsp3) is 0.533. The van der Waals surface area contributed by atoms with E-state index < -0.39 is 0 Å². The highest BCUT2D eigenvalue weighted by molar-refractivity contribution is 5.77. The van der Waals surface area contributed by atoms with Gasteiger partial charge in [-0.3, -0.25) is 4.79 Å². The minimum absolute atomic E-state index is 0.0519. The molecule has 1 rings (SSSR count). The van der Waals surface area contributed by atoms with Crippen molar-refractivity contribution in [2.24, 2.45) is 0 Å². The van der Waals surface area contributed by atoms with Crippen molar-refractivity contribution in [1.29, 1.82) is 0 Å². The van der Waals surface area contributed by atoms with Crippen molar-refractivity contribution in [1.82, 2.24) is 5.32 Å². The predicted molar refractivity (Wildman–Crippen MR) is 75.7 cm³/mol. The zero-order valence-corrected chi connectivity index (χ0v) is 12.2. The molecule has 4 nitrogen and oxygen atoms in total. The van der Waals surface area contributed by atoms with Gasteiger partial charge in [0.15, 0.2) is 6.61 Å². The SMILES string of the molecule is COCCCNC(=O)COc1cc(C)c(C)cc1C. The summed E-state index contributed by atoms with van der Waals surface area (Å²) >= 11 is 0. The summed E-state index contributed by atoms with van der Waals surface area (Å²) in [5.41, 5.74) is 3.45. The molecule has 0 radical (unpaired) electrons. The van der Waals surface area contributed by atoms with Crippen LogP contribution in [0.15, 0.2) is 12.1 Å². The molecule has 0 unspecified atom stereocenters. The Morgan fingerprint density at radius 1 is 1.16 bits per heavy atom. The van der Waals surface area contributed by atoms with Gasteiger partial charge in [0.05, 0.1) is 0 Å². The summed E-state index contributed by atoms with van der Waals surface area (Å²) in [6.07, 6.45) is 0.810. The lowest BCUT2D eigenvalue weighted by atomic mass is 10.1. The zero-order chi connectivity index (χ0) is 14.3. The van der Waals surface area contributed by atoms with Crippen molar-refractivity contribution < 1.29 is 14.3 Å². The molecule has 0 aliphatic rings. The molecule has 0 aromatic heterocycles. The quantitative estimate of drug-likeness (QED) is 0.768. The molecule has 1 N–H and O–H groups in total. The molecule has 0 fully saturated rings. The minimum atomic E-state index is -0.103. The van der Waals surface area contributed by atoms with Gasteiger partial charge in [0.2, 0.25) is 0 Å². The molecule has 0 aliphatic heterocycles. The van der Waals surface area contributed by atoms with Crippen LogP contribution in [0.5, 0.6) is 5.75 Å². The van der Waals surface area contributed by atoms with E-state index >= 15 is 0 Å². The standard InChI is InChI=1S/C15H23NO3/c1-11-8-13(3)14(9-12(11)2)19-10-15(17)16-6-5-7-18-4/h8-9H,5-7,10H2,1-4H3,(H,16,17). The van der Waals surface area contributed by atoms with Gasteiger partial charge in [0, 0.05) is 20.3 Å². The van der Waals surface area contributed by atoms with Crippen molar-refractivity contribution in [3.63, 3.8) is 0 Å². The molecule has 1 amide bonds. The van der Waals surface area contributed by atoms with E-state index in [1.54, 1.807) is 7.11 Å². The average molecular weight is 265 g/mol. The first-order valence-electron chi connectivity index (χ1n) is 6.51. The number of benzene rings is 1. The molecule has 0 spiro atoms. The Morgan fingerprint density at radius 2 is 1.84 bits per heavy atom. The third-order valence-electron chi connectivity index (χ3n) is 3.00. The summed E-state index contributed by atoms with van der Waals surface area (Å²) in [7, 11) is 1.65. The molecule has 1 aromatic carbocycles. The van der Waals surface area contributed by atoms with E-state index in [0.29, 0.717) is 13.2 Å². The van der Waals surface area contributed by atoms with Crippen LogP contribution in [0.3, 0.4) is 0 Å². The second-order valence-corrected chi connectivity index (χ2v) is 4.69. The largest absolute Gasteiger partial charge is 0.483 e. The van der Waals surface area contributed by atoms with Gasteiger partial charge in [-0.05, 0) is 49.9 Å². The molecule has 0 aliphatic carbocycles. The van der Waals surface area contributed by atoms with Gasteiger partial charge < -0.3 is 14.8 Å². The Bertz CT molecular complexity index is 430. The Labute approximate surface area is 115 Å². The van der Waals surface area contributed by atoms with E-state index in [1.165, 1.54) is 11.1 Å². The Kier molecular flexibility index (Phi) is 6.36. The van der Waals surface area contributed by atoms with Crippen molar-refractivity contribution in [3.05, 3.63) is 28.8 Å². The Morgan fingerprint density at radius 3 is 2.53 bits per heavy atom. The first kappa shape index (κ1) is 15.5. The van der Waals surface area contributed by atoms with E-state index in [0.717, 1.165) is 17.7 Å². The zero-order valence-electron chi connectivity index (χ0n) is 12.2. The normalized spacial score (nSPS) is 10.3. The van der Waals surface area contributed by atoms with Crippen molar-refractivity contribution >= 4 is 5.91 Å². The lowest BCUT2D eigenvalue weighted by Crippen LogP contribution is -2.30. The number of hydrogen-bond donors (Lipinski definition) is 1. The Hall–Kier alpha value is -1.55. The van der Waals surface area contributed by atoms with Crippen molar-refractivity contribution in [2.75, 3.05) is 26.9 Å². The summed E-state index contributed by atoms with van der Waals surface area (Å²) in [5, 5.41) is 2.79. The maximum atomic E-state index is 11.6. The first-order chi connectivity index (χ1) is 9.04. The number of ether oxygens (including phenoxy) is 2. The summed E-state index contributed by atoms with van der Waals surface area (Å²) in [5.74, 6) is 0.670. The number of carbonyl (C=O) groups is 1. The number of aryl methyl sites for hydroxylation is 3. The van der Waals surface area contributed by atoms with Crippen LogP contribution in [-0.4, -0.2) is 32.8 Å². The smallest absolute Gasteiger partial charge is 0.257 e. The summed E-state index contributed by atoms with van der Waals surface area (Å²) in [6, 6.07) is 4.05. The molecular formula is C15H23NO3. The van der Waals surface area contributed by atoms with Gasteiger partial charge in [-0.25, -0.2) is 0 Å². The summed E-state index contributed by atoms with van der Waals surface area (Å²) < 4.78 is 10.5. The van der Waals surface area contributed by atoms with Gasteiger partial charge in [-0.15, -0.1) is 0 Å². The molecule has 1 aromatic rings. The van der Waals surface area contributed by atoms with Gasteiger partial charge in [-0.1, -0.05) is 6.07 Å². The van der Waals surface area contributed by atoms with Crippen LogP contribution in [0.1, 0.15) is 23.1 Å². The highest BCUT2D eigenvalue weighted by atomic mass is 16.5. The number of rotatable bonds is 7. The maximum absolute atomic E-state index is 11.6. The minimum Gasteiger partial charge on any atom is -0.483 e. The molecule has 0 bridgehead atoms. The topological polar surface area (TPSA) is 47.6 Å². The fourth-order valence-electron chi connectivity index (χ4n) is 1.73. The van der Waals surface area contributed by atoms with Crippen LogP contribution in [0, 0.1) is 20.8 Å². The molecule has 19 heavy (non-hydrogen) atoms. The van der Waals surface area contributed by atoms with E-state index in [-0.39, 0.29) is 12.5 Å². The van der Waals surface area contributed by atoms with Crippen LogP contribution in [-0.2, 0) is 9.53 Å². The molecule has 0 heterocycles. The number of methoxy groups -OCH3 is 1. The van der Waals surface area contributed by atoms with E-state index in [4.69, 9.17) is 9.47 Å². The summed E-state index contributed by atoms with van der Waals surface area (Å²) in [6.45, 7) is 7.40. The lowest BCUT2D eigenvalue weighted by molar-refractivity contribution is -0.123. The number of nitrogens with one attached hydrogen (secondary N) is 1. The first-order valence-corrected chi connectivity index (χ1v) is 6.51. The third-order valence-corrected chi connectivity index (χ3v) is 3.00. The second kappa shape index (κ2) is 7.79. The fourth-order valence-corrected chi connectivity index (χ4v) is 1.73. The van der Waals surface area contributed by atoms with E-state index in [1.807, 2.05) is 19.9 Å².